The summed E-state index contributed by atoms with van der Waals surface area (Å²) >= 11 is 0. The van der Waals surface area contributed by atoms with Crippen LogP contribution in [0, 0.1) is 40.4 Å². The summed E-state index contributed by atoms with van der Waals surface area (Å²) in [6, 6.07) is 0. The van der Waals surface area contributed by atoms with E-state index in [1.54, 1.807) is 7.11 Å². The Bertz CT molecular complexity index is 821. The van der Waals surface area contributed by atoms with Gasteiger partial charge in [0.2, 0.25) is 0 Å². The Morgan fingerprint density at radius 3 is 2.41 bits per heavy atom. The summed E-state index contributed by atoms with van der Waals surface area (Å²) < 4.78 is 38.3. The molecular weight excluding hydrogens is 459 g/mol. The molecular formula is C23H37NaO6S2. The maximum atomic E-state index is 12.9. The normalized spacial score (nSPS) is 45.8. The number of Topliss-reactive ketones (excluding diaryl/α,β-unsaturated/α-hetero) is 1. The minimum Gasteiger partial charge on any atom is -0.739 e. The van der Waals surface area contributed by atoms with Crippen molar-refractivity contribution in [2.75, 3.05) is 19.5 Å². The maximum Gasteiger partial charge on any atom is 1.00 e. The van der Waals surface area contributed by atoms with Crippen molar-refractivity contribution in [2.24, 2.45) is 40.4 Å². The Labute approximate surface area is 218 Å². The number of carbonyl (C=O) groups excluding carboxylic acids is 1. The third-order valence-corrected chi connectivity index (χ3v) is 11.9. The fraction of sp³-hybridized carbons (Fsp3) is 0.957. The van der Waals surface area contributed by atoms with E-state index in [4.69, 9.17) is 4.74 Å². The van der Waals surface area contributed by atoms with E-state index >= 15 is 0 Å². The van der Waals surface area contributed by atoms with E-state index in [2.05, 4.69) is 13.8 Å². The predicted octanol–water partition coefficient (Wildman–Crippen LogP) is 0.789. The molecule has 6 nitrogen and oxygen atoms in total. The average Bonchev–Trinajstić information content (AvgIpc) is 3.04. The summed E-state index contributed by atoms with van der Waals surface area (Å²) in [6.45, 7) is 5.10. The Morgan fingerprint density at radius 1 is 1.06 bits per heavy atom. The van der Waals surface area contributed by atoms with Crippen LogP contribution in [0.1, 0.15) is 71.6 Å². The molecule has 4 fully saturated rings. The quantitative estimate of drug-likeness (QED) is 0.329. The molecule has 4 aliphatic rings. The monoisotopic (exact) mass is 496 g/mol. The molecule has 1 N–H and O–H groups in total. The van der Waals surface area contributed by atoms with Crippen LogP contribution in [0.5, 0.6) is 0 Å². The van der Waals surface area contributed by atoms with Crippen LogP contribution in [0.25, 0.3) is 0 Å². The molecule has 0 bridgehead atoms. The second kappa shape index (κ2) is 9.72. The van der Waals surface area contributed by atoms with E-state index in [9.17, 15) is 22.9 Å². The summed E-state index contributed by atoms with van der Waals surface area (Å²) in [7, 11) is -2.53. The van der Waals surface area contributed by atoms with Crippen LogP contribution in [0.3, 0.4) is 0 Å². The largest absolute Gasteiger partial charge is 1.00 e. The molecule has 0 aromatic heterocycles. The second-order valence-electron chi connectivity index (χ2n) is 11.3. The van der Waals surface area contributed by atoms with Crippen molar-refractivity contribution in [1.82, 2.24) is 0 Å². The van der Waals surface area contributed by atoms with E-state index in [1.807, 2.05) is 0 Å². The Balaban J connectivity index is 0.00000289. The molecule has 178 valence electrons. The minimum atomic E-state index is -4.44. The molecule has 4 rings (SSSR count). The van der Waals surface area contributed by atoms with Gasteiger partial charge in [-0.05, 0) is 103 Å². The number of carbonyl (C=O) groups is 1. The standard InChI is InChI=1S/C23H38O6S2.Na/c1-21-10-11-23(25,14-29-3)12-15(21)4-5-16-17-6-7-19(20(24)13-30-31(26,27)28)22(17,2)9-8-18(16)21;/h15-19,25H,4-14H2,1-3H3,(H,26,27,28);/q;+1/p-1/t15-,16?,17?,18?,19+,21-,22-,23+;/m0./s1. The van der Waals surface area contributed by atoms with E-state index in [0.717, 1.165) is 57.8 Å². The minimum absolute atomic E-state index is 0. The van der Waals surface area contributed by atoms with Crippen LogP contribution in [0.15, 0.2) is 0 Å². The van der Waals surface area contributed by atoms with Gasteiger partial charge in [0.1, 0.15) is 14.9 Å². The van der Waals surface area contributed by atoms with Crippen molar-refractivity contribution in [2.45, 2.75) is 77.2 Å². The number of aliphatic hydroxyl groups is 1. The molecule has 0 saturated heterocycles. The van der Waals surface area contributed by atoms with E-state index < -0.39 is 14.8 Å². The van der Waals surface area contributed by atoms with Gasteiger partial charge in [-0.1, -0.05) is 13.8 Å². The molecule has 0 amide bonds. The molecule has 32 heavy (non-hydrogen) atoms. The van der Waals surface area contributed by atoms with Crippen molar-refractivity contribution < 1.29 is 57.2 Å². The van der Waals surface area contributed by atoms with Crippen molar-refractivity contribution in [3.63, 3.8) is 0 Å². The van der Waals surface area contributed by atoms with Crippen LogP contribution in [-0.2, 0) is 18.7 Å². The fourth-order valence-corrected chi connectivity index (χ4v) is 9.73. The molecule has 0 aromatic rings. The zero-order chi connectivity index (χ0) is 22.7. The van der Waals surface area contributed by atoms with Crippen LogP contribution in [-0.4, -0.2) is 48.9 Å². The van der Waals surface area contributed by atoms with Crippen molar-refractivity contribution >= 4 is 25.7 Å². The van der Waals surface area contributed by atoms with Gasteiger partial charge in [-0.15, -0.1) is 0 Å². The average molecular weight is 497 g/mol. The third kappa shape index (κ3) is 4.91. The van der Waals surface area contributed by atoms with Gasteiger partial charge in [0, 0.05) is 13.0 Å². The van der Waals surface area contributed by atoms with Gasteiger partial charge in [-0.2, -0.15) is 0 Å². The third-order valence-electron chi connectivity index (χ3n) is 9.97. The molecule has 0 spiro atoms. The first-order chi connectivity index (χ1) is 14.4. The zero-order valence-electron chi connectivity index (χ0n) is 20.0. The first-order valence-electron chi connectivity index (χ1n) is 11.8. The van der Waals surface area contributed by atoms with Crippen LogP contribution in [0.2, 0.25) is 0 Å². The number of rotatable bonds is 6. The van der Waals surface area contributed by atoms with Crippen molar-refractivity contribution in [3.05, 3.63) is 0 Å². The van der Waals surface area contributed by atoms with Gasteiger partial charge in [-0.25, -0.2) is 8.42 Å². The summed E-state index contributed by atoms with van der Waals surface area (Å²) in [6.07, 6.45) is 8.86. The van der Waals surface area contributed by atoms with Crippen LogP contribution >= 0.6 is 10.8 Å². The van der Waals surface area contributed by atoms with E-state index in [0.29, 0.717) is 30.3 Å². The van der Waals surface area contributed by atoms with Gasteiger partial charge >= 0.3 is 29.6 Å². The van der Waals surface area contributed by atoms with Gasteiger partial charge in [0.25, 0.3) is 0 Å². The summed E-state index contributed by atoms with van der Waals surface area (Å²) in [5.41, 5.74) is -0.543. The van der Waals surface area contributed by atoms with Crippen LogP contribution in [0.4, 0.5) is 0 Å². The predicted molar refractivity (Wildman–Crippen MR) is 119 cm³/mol. The number of hydrogen-bond donors (Lipinski definition) is 1. The molecule has 0 aromatic carbocycles. The molecule has 0 aliphatic heterocycles. The van der Waals surface area contributed by atoms with Crippen LogP contribution < -0.4 is 29.6 Å². The second-order valence-corrected chi connectivity index (χ2v) is 14.6. The maximum absolute atomic E-state index is 12.9. The Hall–Kier alpha value is 0.850. The number of hydrogen-bond acceptors (Lipinski definition) is 7. The van der Waals surface area contributed by atoms with Gasteiger partial charge in [0.05, 0.1) is 18.0 Å². The fourth-order valence-electron chi connectivity index (χ4n) is 8.48. The molecule has 8 atom stereocenters. The summed E-state index contributed by atoms with van der Waals surface area (Å²) in [5, 5.41) is 11.0. The molecule has 0 heterocycles. The number of ketones is 1. The van der Waals surface area contributed by atoms with E-state index in [1.165, 1.54) is 0 Å². The molecule has 0 radical (unpaired) electrons. The summed E-state index contributed by atoms with van der Waals surface area (Å²) in [4.78, 5) is 12.9. The first-order valence-corrected chi connectivity index (χ1v) is 14.7. The zero-order valence-corrected chi connectivity index (χ0v) is 23.6. The van der Waals surface area contributed by atoms with E-state index in [-0.39, 0.29) is 68.6 Å². The molecule has 4 aliphatic carbocycles. The van der Waals surface area contributed by atoms with Gasteiger partial charge < -0.3 is 14.4 Å². The van der Waals surface area contributed by atoms with Gasteiger partial charge in [-0.3, -0.25) is 4.79 Å². The molecule has 3 unspecified atom stereocenters. The number of fused-ring (bicyclic) bond motifs is 5. The van der Waals surface area contributed by atoms with Gasteiger partial charge in [0.15, 0.2) is 0 Å². The summed E-state index contributed by atoms with van der Waals surface area (Å²) in [5.74, 6) is 1.83. The number of ether oxygens (including phenoxy) is 1. The first kappa shape index (κ1) is 27.4. The molecule has 4 saturated carbocycles. The van der Waals surface area contributed by atoms with Crippen molar-refractivity contribution in [1.29, 1.82) is 0 Å². The Kier molecular flexibility index (Phi) is 8.33. The SMILES string of the molecule is COC[C@@]1(O)CC[C@]2(C)C3CC[C@@]4(C)C(CC[C@@H]4C(=O)CSS(=O)(=O)[O-])C3CC[C@H]2C1.[Na+]. The number of methoxy groups -OCH3 is 1. The Morgan fingerprint density at radius 2 is 1.75 bits per heavy atom. The van der Waals surface area contributed by atoms with Crippen molar-refractivity contribution in [3.8, 4) is 0 Å². The topological polar surface area (TPSA) is 104 Å². The smallest absolute Gasteiger partial charge is 0.739 e. The molecule has 9 heteroatoms.